The number of rotatable bonds is 6. The van der Waals surface area contributed by atoms with Crippen molar-refractivity contribution in [3.8, 4) is 0 Å². The van der Waals surface area contributed by atoms with Crippen LogP contribution in [0.25, 0.3) is 10.9 Å². The molecule has 1 aromatic heterocycles. The second-order valence-corrected chi connectivity index (χ2v) is 6.98. The van der Waals surface area contributed by atoms with Crippen LogP contribution < -0.4 is 0 Å². The van der Waals surface area contributed by atoms with Gasteiger partial charge in [0.1, 0.15) is 0 Å². The number of para-hydroxylation sites is 1. The Labute approximate surface area is 138 Å². The van der Waals surface area contributed by atoms with E-state index in [1.807, 2.05) is 0 Å². The predicted octanol–water partition coefficient (Wildman–Crippen LogP) is 4.97. The van der Waals surface area contributed by atoms with Crippen LogP contribution in [0.15, 0.2) is 18.2 Å². The van der Waals surface area contributed by atoms with Crippen molar-refractivity contribution in [1.82, 2.24) is 4.98 Å². The molecule has 2 N–H and O–H groups in total. The molecule has 0 fully saturated rings. The third-order valence-corrected chi connectivity index (χ3v) is 5.61. The number of unbranched alkanes of at least 4 members (excludes halogenated alkanes) is 1. The van der Waals surface area contributed by atoms with Crippen molar-refractivity contribution in [3.05, 3.63) is 35.0 Å². The molecule has 3 nitrogen and oxygen atoms in total. The zero-order valence-corrected chi connectivity index (χ0v) is 14.2. The lowest BCUT2D eigenvalue weighted by Crippen LogP contribution is -2.33. The van der Waals surface area contributed by atoms with E-state index in [4.69, 9.17) is 0 Å². The Morgan fingerprint density at radius 1 is 1.35 bits per heavy atom. The second-order valence-electron chi connectivity index (χ2n) is 6.98. The zero-order valence-electron chi connectivity index (χ0n) is 14.2. The number of aromatic amines is 1. The highest BCUT2D eigenvalue weighted by Crippen LogP contribution is 2.45. The Balaban J connectivity index is 2.14. The summed E-state index contributed by atoms with van der Waals surface area (Å²) in [4.78, 5) is 15.1. The molecule has 23 heavy (non-hydrogen) atoms. The van der Waals surface area contributed by atoms with E-state index in [-0.39, 0.29) is 11.8 Å². The van der Waals surface area contributed by atoms with E-state index in [1.54, 1.807) is 0 Å². The maximum atomic E-state index is 11.5. The molecule has 0 saturated heterocycles. The van der Waals surface area contributed by atoms with Gasteiger partial charge in [-0.15, -0.1) is 0 Å². The Morgan fingerprint density at radius 3 is 2.87 bits per heavy atom. The fourth-order valence-corrected chi connectivity index (χ4v) is 4.30. The average molecular weight is 313 g/mol. The lowest BCUT2D eigenvalue weighted by atomic mass is 9.69. The smallest absolute Gasteiger partial charge is 0.304 e. The van der Waals surface area contributed by atoms with Crippen LogP contribution in [0, 0.1) is 0 Å². The minimum Gasteiger partial charge on any atom is -0.481 e. The molecular formula is C20H27NO2. The summed E-state index contributed by atoms with van der Waals surface area (Å²) in [5.41, 5.74) is 4.97. The third-order valence-electron chi connectivity index (χ3n) is 5.61. The molecule has 1 aliphatic rings. The lowest BCUT2D eigenvalue weighted by Gasteiger charge is -2.35. The van der Waals surface area contributed by atoms with Crippen molar-refractivity contribution >= 4 is 16.9 Å². The second kappa shape index (κ2) is 6.38. The van der Waals surface area contributed by atoms with Crippen LogP contribution in [0.3, 0.4) is 0 Å². The summed E-state index contributed by atoms with van der Waals surface area (Å²) in [6.07, 6.45) is 7.70. The molecule has 1 aliphatic carbocycles. The van der Waals surface area contributed by atoms with Gasteiger partial charge in [0, 0.05) is 22.0 Å². The molecule has 3 heteroatoms. The van der Waals surface area contributed by atoms with Gasteiger partial charge in [-0.25, -0.2) is 0 Å². The van der Waals surface area contributed by atoms with E-state index in [0.717, 1.165) is 32.1 Å². The van der Waals surface area contributed by atoms with Crippen LogP contribution in [0.5, 0.6) is 0 Å². The minimum atomic E-state index is -0.690. The Hall–Kier alpha value is -1.77. The van der Waals surface area contributed by atoms with Crippen LogP contribution in [0.4, 0.5) is 0 Å². The summed E-state index contributed by atoms with van der Waals surface area (Å²) < 4.78 is 0. The number of carbonyl (C=O) groups is 1. The van der Waals surface area contributed by atoms with Crippen LogP contribution in [-0.4, -0.2) is 16.1 Å². The summed E-state index contributed by atoms with van der Waals surface area (Å²) in [7, 11) is 0. The molecule has 0 amide bonds. The van der Waals surface area contributed by atoms with Gasteiger partial charge >= 0.3 is 5.97 Å². The summed E-state index contributed by atoms with van der Waals surface area (Å²) in [5, 5.41) is 10.7. The Morgan fingerprint density at radius 2 is 2.17 bits per heavy atom. The SMILES string of the molecule is CCCCc1cccc2c3c([nH]c12)C(CC)(CC(=O)O)CCC3. The quantitative estimate of drug-likeness (QED) is 0.791. The Bertz CT molecular complexity index is 716. The summed E-state index contributed by atoms with van der Waals surface area (Å²) in [5.74, 6) is -0.690. The number of carboxylic acids is 1. The van der Waals surface area contributed by atoms with Gasteiger partial charge in [0.05, 0.1) is 6.42 Å². The summed E-state index contributed by atoms with van der Waals surface area (Å²) in [6, 6.07) is 6.57. The number of aromatic nitrogens is 1. The number of carboxylic acid groups (broad SMARTS) is 1. The number of H-pyrrole nitrogens is 1. The van der Waals surface area contributed by atoms with Crippen molar-refractivity contribution in [2.45, 2.75) is 70.6 Å². The first-order valence-corrected chi connectivity index (χ1v) is 8.96. The van der Waals surface area contributed by atoms with Crippen LogP contribution in [0.1, 0.15) is 69.2 Å². The molecule has 0 spiro atoms. The number of aliphatic carboxylic acids is 1. The maximum absolute atomic E-state index is 11.5. The highest BCUT2D eigenvalue weighted by Gasteiger charge is 2.39. The predicted molar refractivity (Wildman–Crippen MR) is 94.1 cm³/mol. The van der Waals surface area contributed by atoms with Gasteiger partial charge in [0.25, 0.3) is 0 Å². The number of aryl methyl sites for hydroxylation is 2. The van der Waals surface area contributed by atoms with Crippen molar-refractivity contribution in [2.75, 3.05) is 0 Å². The van der Waals surface area contributed by atoms with Crippen molar-refractivity contribution in [2.24, 2.45) is 0 Å². The number of fused-ring (bicyclic) bond motifs is 3. The van der Waals surface area contributed by atoms with Crippen LogP contribution in [-0.2, 0) is 23.1 Å². The first-order chi connectivity index (χ1) is 11.1. The van der Waals surface area contributed by atoms with Crippen LogP contribution >= 0.6 is 0 Å². The van der Waals surface area contributed by atoms with Gasteiger partial charge in [-0.2, -0.15) is 0 Å². The molecule has 1 unspecified atom stereocenters. The third kappa shape index (κ3) is 2.77. The monoisotopic (exact) mass is 313 g/mol. The number of hydrogen-bond acceptors (Lipinski definition) is 1. The zero-order chi connectivity index (χ0) is 16.4. The molecule has 1 heterocycles. The van der Waals surface area contributed by atoms with E-state index < -0.39 is 5.97 Å². The molecular weight excluding hydrogens is 286 g/mol. The Kier molecular flexibility index (Phi) is 4.47. The molecule has 1 atom stereocenters. The standard InChI is InChI=1S/C20H27NO2/c1-3-5-8-14-9-6-10-15-16-11-7-12-20(4-2,13-17(22)23)19(16)21-18(14)15/h6,9-10,21H,3-5,7-8,11-13H2,1-2H3,(H,22,23). The van der Waals surface area contributed by atoms with E-state index in [1.165, 1.54) is 40.6 Å². The van der Waals surface area contributed by atoms with Gasteiger partial charge < -0.3 is 10.1 Å². The molecule has 0 radical (unpaired) electrons. The van der Waals surface area contributed by atoms with Crippen LogP contribution in [0.2, 0.25) is 0 Å². The largest absolute Gasteiger partial charge is 0.481 e. The van der Waals surface area contributed by atoms with E-state index in [2.05, 4.69) is 37.0 Å². The molecule has 124 valence electrons. The van der Waals surface area contributed by atoms with E-state index >= 15 is 0 Å². The minimum absolute atomic E-state index is 0.222. The topological polar surface area (TPSA) is 53.1 Å². The average Bonchev–Trinajstić information content (AvgIpc) is 2.93. The number of benzene rings is 1. The fraction of sp³-hybridized carbons (Fsp3) is 0.550. The molecule has 1 aromatic carbocycles. The van der Waals surface area contributed by atoms with E-state index in [0.29, 0.717) is 0 Å². The van der Waals surface area contributed by atoms with Crippen molar-refractivity contribution in [1.29, 1.82) is 0 Å². The van der Waals surface area contributed by atoms with Gasteiger partial charge in [-0.3, -0.25) is 4.79 Å². The first kappa shape index (κ1) is 16.1. The molecule has 0 aliphatic heterocycles. The molecule has 0 saturated carbocycles. The molecule has 2 aromatic rings. The van der Waals surface area contributed by atoms with Gasteiger partial charge in [-0.1, -0.05) is 38.5 Å². The fourth-order valence-electron chi connectivity index (χ4n) is 4.30. The number of hydrogen-bond donors (Lipinski definition) is 2. The molecule has 0 bridgehead atoms. The van der Waals surface area contributed by atoms with Gasteiger partial charge in [-0.05, 0) is 49.7 Å². The lowest BCUT2D eigenvalue weighted by molar-refractivity contribution is -0.138. The number of nitrogens with one attached hydrogen (secondary N) is 1. The van der Waals surface area contributed by atoms with Gasteiger partial charge in [0.2, 0.25) is 0 Å². The maximum Gasteiger partial charge on any atom is 0.304 e. The first-order valence-electron chi connectivity index (χ1n) is 8.96. The van der Waals surface area contributed by atoms with Crippen molar-refractivity contribution < 1.29 is 9.90 Å². The van der Waals surface area contributed by atoms with Crippen molar-refractivity contribution in [3.63, 3.8) is 0 Å². The summed E-state index contributed by atoms with van der Waals surface area (Å²) in [6.45, 7) is 4.34. The molecule has 3 rings (SSSR count). The normalized spacial score (nSPS) is 20.6. The van der Waals surface area contributed by atoms with Gasteiger partial charge in [0.15, 0.2) is 0 Å². The van der Waals surface area contributed by atoms with E-state index in [9.17, 15) is 9.90 Å². The highest BCUT2D eigenvalue weighted by atomic mass is 16.4. The highest BCUT2D eigenvalue weighted by molar-refractivity contribution is 5.88. The summed E-state index contributed by atoms with van der Waals surface area (Å²) >= 11 is 0.